The lowest BCUT2D eigenvalue weighted by Gasteiger charge is -2.00. The molecule has 17 heavy (non-hydrogen) atoms. The molecule has 0 fully saturated rings. The average molecular weight is 234 g/mol. The van der Waals surface area contributed by atoms with Gasteiger partial charge < -0.3 is 10.1 Å². The van der Waals surface area contributed by atoms with Crippen LogP contribution < -0.4 is 10.1 Å². The molecule has 0 saturated heterocycles. The molecule has 1 aromatic rings. The Morgan fingerprint density at radius 2 is 2.24 bits per heavy atom. The third-order valence-electron chi connectivity index (χ3n) is 2.07. The van der Waals surface area contributed by atoms with E-state index in [0.29, 0.717) is 17.7 Å². The minimum atomic E-state index is -0.457. The quantitative estimate of drug-likeness (QED) is 0.371. The van der Waals surface area contributed by atoms with Crippen molar-refractivity contribution in [1.29, 1.82) is 0 Å². The third kappa shape index (κ3) is 4.13. The van der Waals surface area contributed by atoms with Gasteiger partial charge in [0.2, 0.25) is 0 Å². The Balaban J connectivity index is 2.93. The second-order valence-electron chi connectivity index (χ2n) is 3.33. The normalized spacial score (nSPS) is 9.29. The van der Waals surface area contributed by atoms with Gasteiger partial charge in [-0.3, -0.25) is 10.1 Å². The molecule has 0 atom stereocenters. The van der Waals surface area contributed by atoms with E-state index in [2.05, 4.69) is 17.2 Å². The molecular formula is C12H14N2O3. The van der Waals surface area contributed by atoms with Gasteiger partial charge in [-0.05, 0) is 13.1 Å². The fourth-order valence-electron chi connectivity index (χ4n) is 1.23. The highest BCUT2D eigenvalue weighted by atomic mass is 16.6. The van der Waals surface area contributed by atoms with Crippen LogP contribution in [0.15, 0.2) is 18.2 Å². The molecule has 0 amide bonds. The summed E-state index contributed by atoms with van der Waals surface area (Å²) in [5.41, 5.74) is 0.578. The number of nitrogens with zero attached hydrogens (tertiary/aromatic N) is 1. The van der Waals surface area contributed by atoms with Crippen LogP contribution in [0.3, 0.4) is 0 Å². The number of nitro benzene ring substituents is 1. The Hall–Kier alpha value is -2.06. The Bertz CT molecular complexity index is 461. The number of ether oxygens (including phenoxy) is 1. The molecule has 1 aromatic carbocycles. The minimum absolute atomic E-state index is 0.0118. The fraction of sp³-hybridized carbons (Fsp3) is 0.333. The van der Waals surface area contributed by atoms with Gasteiger partial charge >= 0.3 is 0 Å². The molecule has 0 aromatic heterocycles. The van der Waals surface area contributed by atoms with Crippen LogP contribution >= 0.6 is 0 Å². The van der Waals surface area contributed by atoms with Crippen molar-refractivity contribution in [3.63, 3.8) is 0 Å². The Morgan fingerprint density at radius 3 is 2.82 bits per heavy atom. The van der Waals surface area contributed by atoms with Gasteiger partial charge in [-0.15, -0.1) is 0 Å². The van der Waals surface area contributed by atoms with Crippen LogP contribution in [0.4, 0.5) is 5.69 Å². The van der Waals surface area contributed by atoms with E-state index in [1.807, 2.05) is 7.05 Å². The maximum atomic E-state index is 10.7. The zero-order valence-electron chi connectivity index (χ0n) is 9.82. The smallest absolute Gasteiger partial charge is 0.274 e. The maximum Gasteiger partial charge on any atom is 0.274 e. The second-order valence-corrected chi connectivity index (χ2v) is 3.33. The molecule has 1 rings (SSSR count). The lowest BCUT2D eigenvalue weighted by atomic mass is 10.2. The van der Waals surface area contributed by atoms with Crippen molar-refractivity contribution in [2.45, 2.75) is 6.42 Å². The van der Waals surface area contributed by atoms with E-state index in [1.54, 1.807) is 6.07 Å². The second kappa shape index (κ2) is 6.51. The van der Waals surface area contributed by atoms with Crippen LogP contribution in [0.5, 0.6) is 5.75 Å². The van der Waals surface area contributed by atoms with Gasteiger partial charge in [0, 0.05) is 24.6 Å². The predicted molar refractivity (Wildman–Crippen MR) is 65.1 cm³/mol. The summed E-state index contributed by atoms with van der Waals surface area (Å²) in [6.45, 7) is 0.791. The number of non-ortho nitro benzene ring substituents is 1. The molecule has 0 radical (unpaired) electrons. The largest absolute Gasteiger partial charge is 0.496 e. The van der Waals surface area contributed by atoms with Gasteiger partial charge in [-0.25, -0.2) is 0 Å². The number of nitrogens with one attached hydrogen (secondary N) is 1. The summed E-state index contributed by atoms with van der Waals surface area (Å²) in [6.07, 6.45) is 0.696. The first-order valence-electron chi connectivity index (χ1n) is 5.14. The molecule has 0 saturated carbocycles. The average Bonchev–Trinajstić information content (AvgIpc) is 2.34. The van der Waals surface area contributed by atoms with Crippen LogP contribution in [0, 0.1) is 22.0 Å². The Morgan fingerprint density at radius 1 is 1.47 bits per heavy atom. The molecule has 1 N–H and O–H groups in total. The molecule has 0 heterocycles. The summed E-state index contributed by atoms with van der Waals surface area (Å²) < 4.78 is 4.99. The summed E-state index contributed by atoms with van der Waals surface area (Å²) in [6, 6.07) is 4.49. The first-order chi connectivity index (χ1) is 8.17. The highest BCUT2D eigenvalue weighted by Crippen LogP contribution is 2.21. The fourth-order valence-corrected chi connectivity index (χ4v) is 1.23. The first kappa shape index (κ1) is 13.0. The minimum Gasteiger partial charge on any atom is -0.496 e. The van der Waals surface area contributed by atoms with Gasteiger partial charge in [0.1, 0.15) is 5.75 Å². The number of benzene rings is 1. The SMILES string of the molecule is CNCCC#Cc1cc(OC)cc([N+](=O)[O-])c1. The van der Waals surface area contributed by atoms with Crippen molar-refractivity contribution >= 4 is 5.69 Å². The molecule has 90 valence electrons. The first-order valence-corrected chi connectivity index (χ1v) is 5.14. The maximum absolute atomic E-state index is 10.7. The number of hydrogen-bond acceptors (Lipinski definition) is 4. The van der Waals surface area contributed by atoms with Gasteiger partial charge in [0.05, 0.1) is 18.1 Å². The number of methoxy groups -OCH3 is 1. The van der Waals surface area contributed by atoms with Crippen LogP contribution in [-0.4, -0.2) is 25.6 Å². The lowest BCUT2D eigenvalue weighted by Crippen LogP contribution is -2.05. The highest BCUT2D eigenvalue weighted by molar-refractivity contribution is 5.49. The summed E-state index contributed by atoms with van der Waals surface area (Å²) in [4.78, 5) is 10.2. The van der Waals surface area contributed by atoms with Gasteiger partial charge in [-0.2, -0.15) is 0 Å². The molecule has 0 bridgehead atoms. The topological polar surface area (TPSA) is 64.4 Å². The van der Waals surface area contributed by atoms with E-state index >= 15 is 0 Å². The summed E-state index contributed by atoms with van der Waals surface area (Å²) >= 11 is 0. The van der Waals surface area contributed by atoms with Crippen molar-refractivity contribution in [3.8, 4) is 17.6 Å². The van der Waals surface area contributed by atoms with Crippen molar-refractivity contribution in [2.24, 2.45) is 0 Å². The van der Waals surface area contributed by atoms with E-state index in [9.17, 15) is 10.1 Å². The molecule has 5 heteroatoms. The zero-order chi connectivity index (χ0) is 12.7. The van der Waals surface area contributed by atoms with Crippen molar-refractivity contribution < 1.29 is 9.66 Å². The molecular weight excluding hydrogens is 220 g/mol. The molecule has 5 nitrogen and oxygen atoms in total. The van der Waals surface area contributed by atoms with E-state index in [1.165, 1.54) is 19.2 Å². The molecule has 0 aliphatic heterocycles. The monoisotopic (exact) mass is 234 g/mol. The van der Waals surface area contributed by atoms with Gasteiger partial charge in [0.25, 0.3) is 5.69 Å². The van der Waals surface area contributed by atoms with E-state index in [-0.39, 0.29) is 5.69 Å². The Kier molecular flexibility index (Phi) is 4.98. The summed E-state index contributed by atoms with van der Waals surface area (Å²) in [7, 11) is 3.31. The third-order valence-corrected chi connectivity index (χ3v) is 2.07. The predicted octanol–water partition coefficient (Wildman–Crippen LogP) is 1.56. The standard InChI is InChI=1S/C12H14N2O3/c1-13-6-4-3-5-10-7-11(14(15)16)9-12(8-10)17-2/h7-9,13H,4,6H2,1-2H3. The van der Waals surface area contributed by atoms with Crippen LogP contribution in [0.2, 0.25) is 0 Å². The molecule has 0 spiro atoms. The molecule has 0 aliphatic rings. The van der Waals surface area contributed by atoms with Crippen molar-refractivity contribution in [1.82, 2.24) is 5.32 Å². The number of nitro groups is 1. The lowest BCUT2D eigenvalue weighted by molar-refractivity contribution is -0.384. The number of rotatable bonds is 4. The number of hydrogen-bond donors (Lipinski definition) is 1. The van der Waals surface area contributed by atoms with Crippen LogP contribution in [0.1, 0.15) is 12.0 Å². The van der Waals surface area contributed by atoms with E-state index in [0.717, 1.165) is 6.54 Å². The van der Waals surface area contributed by atoms with Crippen molar-refractivity contribution in [2.75, 3.05) is 20.7 Å². The zero-order valence-corrected chi connectivity index (χ0v) is 9.82. The van der Waals surface area contributed by atoms with E-state index in [4.69, 9.17) is 4.74 Å². The summed E-state index contributed by atoms with van der Waals surface area (Å²) in [5, 5.41) is 13.7. The molecule has 0 aliphatic carbocycles. The van der Waals surface area contributed by atoms with E-state index < -0.39 is 4.92 Å². The van der Waals surface area contributed by atoms with Gasteiger partial charge in [0.15, 0.2) is 0 Å². The van der Waals surface area contributed by atoms with Crippen LogP contribution in [-0.2, 0) is 0 Å². The Labute approximate surface area is 99.9 Å². The van der Waals surface area contributed by atoms with Crippen LogP contribution in [0.25, 0.3) is 0 Å². The van der Waals surface area contributed by atoms with Gasteiger partial charge in [-0.1, -0.05) is 11.8 Å². The van der Waals surface area contributed by atoms with Crippen molar-refractivity contribution in [3.05, 3.63) is 33.9 Å². The summed E-state index contributed by atoms with van der Waals surface area (Å²) in [5.74, 6) is 6.25. The highest BCUT2D eigenvalue weighted by Gasteiger charge is 2.08. The molecule has 0 unspecified atom stereocenters.